The highest BCUT2D eigenvalue weighted by molar-refractivity contribution is 7.11. The maximum absolute atomic E-state index is 11.7. The topological polar surface area (TPSA) is 64.3 Å². The van der Waals surface area contributed by atoms with E-state index in [1.807, 2.05) is 6.92 Å². The molecule has 0 saturated heterocycles. The molecule has 0 radical (unpaired) electrons. The molecule has 0 fully saturated rings. The van der Waals surface area contributed by atoms with Crippen LogP contribution in [0.2, 0.25) is 0 Å². The van der Waals surface area contributed by atoms with Crippen LogP contribution in [0.15, 0.2) is 12.1 Å². The molecule has 96 valence electrons. The van der Waals surface area contributed by atoms with Gasteiger partial charge in [0.25, 0.3) is 5.91 Å². The Morgan fingerprint density at radius 1 is 1.59 bits per heavy atom. The maximum Gasteiger partial charge on any atom is 0.250 e. The largest absolute Gasteiger partial charge is 0.370 e. The van der Waals surface area contributed by atoms with Crippen LogP contribution in [-0.2, 0) is 16.0 Å². The van der Waals surface area contributed by atoms with Crippen LogP contribution in [0.3, 0.4) is 0 Å². The van der Waals surface area contributed by atoms with Gasteiger partial charge in [0, 0.05) is 35.9 Å². The van der Waals surface area contributed by atoms with Gasteiger partial charge in [0.2, 0.25) is 0 Å². The van der Waals surface area contributed by atoms with E-state index in [2.05, 4.69) is 24.4 Å². The number of nitrogens with one attached hydrogen (secondary N) is 1. The first-order valence-electron chi connectivity index (χ1n) is 5.65. The van der Waals surface area contributed by atoms with Crippen LogP contribution in [0.1, 0.15) is 16.7 Å². The molecular weight excluding hydrogens is 236 g/mol. The first-order chi connectivity index (χ1) is 8.06. The number of ether oxygens (including phenoxy) is 1. The van der Waals surface area contributed by atoms with E-state index >= 15 is 0 Å². The predicted octanol–water partition coefficient (Wildman–Crippen LogP) is 1.08. The normalized spacial score (nSPS) is 14.4. The smallest absolute Gasteiger partial charge is 0.250 e. The number of amides is 1. The Bertz CT molecular complexity index is 361. The van der Waals surface area contributed by atoms with Crippen LogP contribution in [0.5, 0.6) is 0 Å². The molecule has 0 saturated carbocycles. The zero-order chi connectivity index (χ0) is 12.8. The van der Waals surface area contributed by atoms with E-state index in [9.17, 15) is 4.79 Å². The minimum atomic E-state index is -0.553. The molecule has 0 aliphatic carbocycles. The van der Waals surface area contributed by atoms with Crippen LogP contribution in [0, 0.1) is 6.92 Å². The average Bonchev–Trinajstić information content (AvgIpc) is 2.65. The molecule has 5 heteroatoms. The number of hydrogen-bond donors (Lipinski definition) is 2. The van der Waals surface area contributed by atoms with Crippen molar-refractivity contribution in [2.24, 2.45) is 5.73 Å². The lowest BCUT2D eigenvalue weighted by molar-refractivity contribution is -0.131. The minimum Gasteiger partial charge on any atom is -0.370 e. The zero-order valence-electron chi connectivity index (χ0n) is 10.5. The maximum atomic E-state index is 11.7. The zero-order valence-corrected chi connectivity index (χ0v) is 11.3. The Balaban J connectivity index is 2.44. The molecule has 0 spiro atoms. The molecule has 1 aromatic rings. The minimum absolute atomic E-state index is 0.0877. The third-order valence-corrected chi connectivity index (χ3v) is 3.51. The molecule has 1 amide bonds. The molecule has 2 unspecified atom stereocenters. The second-order valence-corrected chi connectivity index (χ2v) is 5.46. The third-order valence-electron chi connectivity index (χ3n) is 2.48. The van der Waals surface area contributed by atoms with Gasteiger partial charge in [-0.1, -0.05) is 0 Å². The van der Waals surface area contributed by atoms with E-state index in [-0.39, 0.29) is 18.5 Å². The molecule has 3 N–H and O–H groups in total. The van der Waals surface area contributed by atoms with Gasteiger partial charge in [-0.2, -0.15) is 0 Å². The average molecular weight is 256 g/mol. The number of nitrogens with two attached hydrogens (primary N) is 1. The lowest BCUT2D eigenvalue weighted by atomic mass is 10.2. The molecule has 1 rings (SSSR count). The lowest BCUT2D eigenvalue weighted by Crippen LogP contribution is -2.44. The highest BCUT2D eigenvalue weighted by atomic mass is 32.1. The number of carbonyl (C=O) groups excluding carboxylic acids is 1. The van der Waals surface area contributed by atoms with Crippen molar-refractivity contribution in [3.8, 4) is 0 Å². The summed E-state index contributed by atoms with van der Waals surface area (Å²) in [5, 5.41) is 2.90. The highest BCUT2D eigenvalue weighted by Gasteiger charge is 2.17. The molecule has 1 heterocycles. The standard InChI is InChI=1S/C12H20N2O2S/c1-8(6-10-5-4-9(2)17-10)14-12(15)11(7-13)16-3/h4-5,8,11H,6-7,13H2,1-3H3,(H,14,15). The van der Waals surface area contributed by atoms with Gasteiger partial charge in [-0.25, -0.2) is 0 Å². The van der Waals surface area contributed by atoms with Gasteiger partial charge < -0.3 is 15.8 Å². The van der Waals surface area contributed by atoms with Crippen LogP contribution in [0.4, 0.5) is 0 Å². The second kappa shape index (κ2) is 6.74. The third kappa shape index (κ3) is 4.46. The summed E-state index contributed by atoms with van der Waals surface area (Å²) in [5.74, 6) is -0.143. The van der Waals surface area contributed by atoms with Gasteiger partial charge in [-0.15, -0.1) is 11.3 Å². The van der Waals surface area contributed by atoms with Crippen molar-refractivity contribution >= 4 is 17.2 Å². The van der Waals surface area contributed by atoms with Gasteiger partial charge >= 0.3 is 0 Å². The molecule has 0 aliphatic rings. The number of aryl methyl sites for hydroxylation is 1. The first-order valence-corrected chi connectivity index (χ1v) is 6.47. The second-order valence-electron chi connectivity index (χ2n) is 4.09. The first kappa shape index (κ1) is 14.2. The van der Waals surface area contributed by atoms with Gasteiger partial charge in [-0.3, -0.25) is 4.79 Å². The Morgan fingerprint density at radius 2 is 2.29 bits per heavy atom. The van der Waals surface area contributed by atoms with Crippen molar-refractivity contribution in [1.29, 1.82) is 0 Å². The fraction of sp³-hybridized carbons (Fsp3) is 0.583. The van der Waals surface area contributed by atoms with Crippen molar-refractivity contribution in [1.82, 2.24) is 5.32 Å². The summed E-state index contributed by atoms with van der Waals surface area (Å²) in [4.78, 5) is 14.3. The number of methoxy groups -OCH3 is 1. The van der Waals surface area contributed by atoms with Crippen LogP contribution < -0.4 is 11.1 Å². The molecular formula is C12H20N2O2S. The molecule has 0 aromatic carbocycles. The molecule has 0 bridgehead atoms. The van der Waals surface area contributed by atoms with Crippen LogP contribution >= 0.6 is 11.3 Å². The van der Waals surface area contributed by atoms with Crippen molar-refractivity contribution in [3.05, 3.63) is 21.9 Å². The van der Waals surface area contributed by atoms with E-state index in [0.717, 1.165) is 6.42 Å². The number of rotatable bonds is 6. The fourth-order valence-corrected chi connectivity index (χ4v) is 2.61. The van der Waals surface area contributed by atoms with Gasteiger partial charge in [0.1, 0.15) is 6.10 Å². The van der Waals surface area contributed by atoms with Crippen LogP contribution in [-0.4, -0.2) is 31.7 Å². The van der Waals surface area contributed by atoms with Gasteiger partial charge in [0.05, 0.1) is 0 Å². The highest BCUT2D eigenvalue weighted by Crippen LogP contribution is 2.16. The lowest BCUT2D eigenvalue weighted by Gasteiger charge is -2.17. The Morgan fingerprint density at radius 3 is 2.76 bits per heavy atom. The molecule has 4 nitrogen and oxygen atoms in total. The number of carbonyl (C=O) groups is 1. The molecule has 17 heavy (non-hydrogen) atoms. The summed E-state index contributed by atoms with van der Waals surface area (Å²) >= 11 is 1.76. The van der Waals surface area contributed by atoms with E-state index in [1.165, 1.54) is 16.9 Å². The van der Waals surface area contributed by atoms with E-state index < -0.39 is 6.10 Å². The van der Waals surface area contributed by atoms with Gasteiger partial charge in [-0.05, 0) is 26.0 Å². The summed E-state index contributed by atoms with van der Waals surface area (Å²) in [7, 11) is 1.49. The molecule has 1 aromatic heterocycles. The van der Waals surface area contributed by atoms with Crippen LogP contribution in [0.25, 0.3) is 0 Å². The number of hydrogen-bond acceptors (Lipinski definition) is 4. The Kier molecular flexibility index (Phi) is 5.61. The Labute approximate surface area is 106 Å². The summed E-state index contributed by atoms with van der Waals surface area (Å²) < 4.78 is 4.98. The Hall–Kier alpha value is -0.910. The summed E-state index contributed by atoms with van der Waals surface area (Å²) in [6.45, 7) is 4.26. The van der Waals surface area contributed by atoms with E-state index in [0.29, 0.717) is 0 Å². The summed E-state index contributed by atoms with van der Waals surface area (Å²) in [6.07, 6.45) is 0.285. The van der Waals surface area contributed by atoms with Crippen molar-refractivity contribution in [2.45, 2.75) is 32.4 Å². The molecule has 2 atom stereocenters. The van der Waals surface area contributed by atoms with Crippen molar-refractivity contribution in [3.63, 3.8) is 0 Å². The van der Waals surface area contributed by atoms with Crippen molar-refractivity contribution < 1.29 is 9.53 Å². The SMILES string of the molecule is COC(CN)C(=O)NC(C)Cc1ccc(C)s1. The fourth-order valence-electron chi connectivity index (χ4n) is 1.59. The van der Waals surface area contributed by atoms with E-state index in [4.69, 9.17) is 10.5 Å². The van der Waals surface area contributed by atoms with Crippen molar-refractivity contribution in [2.75, 3.05) is 13.7 Å². The summed E-state index contributed by atoms with van der Waals surface area (Å²) in [5.41, 5.74) is 5.43. The number of thiophene rings is 1. The monoisotopic (exact) mass is 256 g/mol. The predicted molar refractivity (Wildman–Crippen MR) is 70.2 cm³/mol. The van der Waals surface area contributed by atoms with E-state index in [1.54, 1.807) is 11.3 Å². The van der Waals surface area contributed by atoms with Gasteiger partial charge in [0.15, 0.2) is 0 Å². The summed E-state index contributed by atoms with van der Waals surface area (Å²) in [6, 6.07) is 4.27. The molecule has 0 aliphatic heterocycles. The quantitative estimate of drug-likeness (QED) is 0.800.